The minimum absolute atomic E-state index is 0.295. The van der Waals surface area contributed by atoms with E-state index in [1.54, 1.807) is 0 Å². The van der Waals surface area contributed by atoms with Gasteiger partial charge in [0.15, 0.2) is 0 Å². The molecule has 2 aromatic rings. The highest BCUT2D eigenvalue weighted by atomic mass is 79.9. The van der Waals surface area contributed by atoms with Gasteiger partial charge in [0, 0.05) is 16.3 Å². The summed E-state index contributed by atoms with van der Waals surface area (Å²) in [5, 5.41) is 4.35. The molecule has 1 N–H and O–H groups in total. The molecule has 0 saturated heterocycles. The molecular formula is C12H11Br2N3O. The van der Waals surface area contributed by atoms with Gasteiger partial charge in [0.2, 0.25) is 0 Å². The van der Waals surface area contributed by atoms with Gasteiger partial charge >= 0.3 is 0 Å². The van der Waals surface area contributed by atoms with Crippen molar-refractivity contribution < 1.29 is 4.79 Å². The number of carbonyl (C=O) groups excluding carboxylic acids is 1. The molecule has 0 fully saturated rings. The number of hydrogen-bond acceptors (Lipinski definition) is 4. The van der Waals surface area contributed by atoms with E-state index < -0.39 is 0 Å². The van der Waals surface area contributed by atoms with Gasteiger partial charge in [-0.1, -0.05) is 31.9 Å². The third kappa shape index (κ3) is 2.87. The van der Waals surface area contributed by atoms with Crippen LogP contribution in [0.2, 0.25) is 0 Å². The van der Waals surface area contributed by atoms with Crippen molar-refractivity contribution in [2.24, 2.45) is 0 Å². The van der Waals surface area contributed by atoms with E-state index in [4.69, 9.17) is 0 Å². The molecule has 6 heteroatoms. The summed E-state index contributed by atoms with van der Waals surface area (Å²) in [5.74, 6) is 0. The van der Waals surface area contributed by atoms with E-state index in [9.17, 15) is 4.79 Å². The molecule has 0 aliphatic carbocycles. The molecule has 0 atom stereocenters. The number of alkyl halides is 2. The summed E-state index contributed by atoms with van der Waals surface area (Å²) in [6, 6.07) is 5.70. The van der Waals surface area contributed by atoms with E-state index in [-0.39, 0.29) is 0 Å². The van der Waals surface area contributed by atoms with Crippen LogP contribution in [0.4, 0.5) is 5.69 Å². The summed E-state index contributed by atoms with van der Waals surface area (Å²) in [6.07, 6.45) is 0.827. The maximum atomic E-state index is 10.3. The van der Waals surface area contributed by atoms with Crippen molar-refractivity contribution in [3.05, 3.63) is 29.6 Å². The minimum Gasteiger partial charge on any atom is -0.378 e. The molecule has 0 unspecified atom stereocenters. The number of benzene rings is 1. The maximum absolute atomic E-state index is 10.3. The van der Waals surface area contributed by atoms with E-state index in [2.05, 4.69) is 47.1 Å². The van der Waals surface area contributed by atoms with Gasteiger partial charge in [-0.2, -0.15) is 0 Å². The van der Waals surface area contributed by atoms with E-state index >= 15 is 0 Å². The number of rotatable bonds is 5. The number of carbonyl (C=O) groups is 1. The number of aldehydes is 1. The van der Waals surface area contributed by atoms with Crippen LogP contribution < -0.4 is 5.32 Å². The summed E-state index contributed by atoms with van der Waals surface area (Å²) >= 11 is 6.82. The largest absolute Gasteiger partial charge is 0.378 e. The fourth-order valence-electron chi connectivity index (χ4n) is 1.61. The van der Waals surface area contributed by atoms with Crippen molar-refractivity contribution >= 4 is 54.9 Å². The van der Waals surface area contributed by atoms with E-state index in [0.29, 0.717) is 17.2 Å². The van der Waals surface area contributed by atoms with Crippen LogP contribution >= 0.6 is 31.9 Å². The number of hydrogen-bond donors (Lipinski definition) is 1. The molecule has 18 heavy (non-hydrogen) atoms. The summed E-state index contributed by atoms with van der Waals surface area (Å²) in [7, 11) is 0. The molecule has 0 aliphatic heterocycles. The van der Waals surface area contributed by atoms with Crippen molar-refractivity contribution in [2.45, 2.75) is 10.7 Å². The predicted molar refractivity (Wildman–Crippen MR) is 79.4 cm³/mol. The highest BCUT2D eigenvalue weighted by molar-refractivity contribution is 9.09. The average Bonchev–Trinajstić information content (AvgIpc) is 2.43. The van der Waals surface area contributed by atoms with Gasteiger partial charge in [0.25, 0.3) is 0 Å². The lowest BCUT2D eigenvalue weighted by Gasteiger charge is -2.07. The lowest BCUT2D eigenvalue weighted by Crippen LogP contribution is -2.03. The van der Waals surface area contributed by atoms with E-state index in [1.807, 2.05) is 18.2 Å². The molecule has 2 rings (SSSR count). The summed E-state index contributed by atoms with van der Waals surface area (Å²) in [6.45, 7) is 0.295. The van der Waals surface area contributed by atoms with Gasteiger partial charge in [-0.15, -0.1) is 0 Å². The smallest absolute Gasteiger partial charge is 0.139 e. The van der Waals surface area contributed by atoms with Crippen LogP contribution in [-0.2, 0) is 15.5 Å². The minimum atomic E-state index is 0.295. The van der Waals surface area contributed by atoms with E-state index in [0.717, 1.165) is 34.4 Å². The third-order valence-corrected chi connectivity index (χ3v) is 3.52. The lowest BCUT2D eigenvalue weighted by molar-refractivity contribution is -0.106. The molecular weight excluding hydrogens is 362 g/mol. The molecule has 0 spiro atoms. The lowest BCUT2D eigenvalue weighted by atomic mass is 10.2. The number of halogens is 2. The zero-order chi connectivity index (χ0) is 13.0. The Morgan fingerprint density at radius 1 is 1.11 bits per heavy atom. The fraction of sp³-hybridized carbons (Fsp3) is 0.250. The zero-order valence-corrected chi connectivity index (χ0v) is 12.7. The Kier molecular flexibility index (Phi) is 4.66. The van der Waals surface area contributed by atoms with Crippen LogP contribution in [0.3, 0.4) is 0 Å². The first-order valence-corrected chi connectivity index (χ1v) is 7.61. The molecule has 0 saturated carbocycles. The summed E-state index contributed by atoms with van der Waals surface area (Å²) < 4.78 is 0. The molecule has 94 valence electrons. The van der Waals surface area contributed by atoms with Crippen molar-refractivity contribution in [1.82, 2.24) is 9.97 Å². The van der Waals surface area contributed by atoms with Crippen LogP contribution in [0.25, 0.3) is 11.0 Å². The Bertz CT molecular complexity index is 574. The normalized spacial score (nSPS) is 10.6. The number of nitrogens with one attached hydrogen (secondary N) is 1. The van der Waals surface area contributed by atoms with Crippen molar-refractivity contribution in [3.63, 3.8) is 0 Å². The van der Waals surface area contributed by atoms with Crippen LogP contribution in [0.5, 0.6) is 0 Å². The standard InChI is InChI=1S/C12H11Br2N3O/c13-6-11-12(7-14)17-10-5-8(15-3-4-18)1-2-9(10)16-11/h1-2,4-5,15H,3,6-7H2. The Labute approximate surface area is 121 Å². The quantitative estimate of drug-likeness (QED) is 0.647. The number of nitrogens with zero attached hydrogens (tertiary/aromatic N) is 2. The Balaban J connectivity index is 2.45. The van der Waals surface area contributed by atoms with Gasteiger partial charge in [-0.3, -0.25) is 0 Å². The molecule has 0 radical (unpaired) electrons. The molecule has 0 bridgehead atoms. The second-order valence-corrected chi connectivity index (χ2v) is 4.76. The van der Waals surface area contributed by atoms with Gasteiger partial charge in [-0.25, -0.2) is 9.97 Å². The van der Waals surface area contributed by atoms with Crippen LogP contribution in [0.15, 0.2) is 18.2 Å². The molecule has 1 aromatic heterocycles. The monoisotopic (exact) mass is 371 g/mol. The first kappa shape index (κ1) is 13.4. The second kappa shape index (κ2) is 6.24. The van der Waals surface area contributed by atoms with Gasteiger partial charge in [0.1, 0.15) is 6.29 Å². The second-order valence-electron chi connectivity index (χ2n) is 3.64. The first-order valence-electron chi connectivity index (χ1n) is 5.37. The predicted octanol–water partition coefficient (Wildman–Crippen LogP) is 3.03. The highest BCUT2D eigenvalue weighted by Gasteiger charge is 2.07. The molecule has 0 amide bonds. The highest BCUT2D eigenvalue weighted by Crippen LogP contribution is 2.20. The number of aromatic nitrogens is 2. The molecule has 1 aromatic carbocycles. The topological polar surface area (TPSA) is 54.9 Å². The Hall–Kier alpha value is -1.01. The van der Waals surface area contributed by atoms with E-state index in [1.165, 1.54) is 0 Å². The summed E-state index contributed by atoms with van der Waals surface area (Å²) in [5.41, 5.74) is 4.41. The fourth-order valence-corrected chi connectivity index (χ4v) is 2.51. The molecule has 4 nitrogen and oxygen atoms in total. The van der Waals surface area contributed by atoms with Crippen molar-refractivity contribution in [3.8, 4) is 0 Å². The Morgan fingerprint density at radius 2 is 1.78 bits per heavy atom. The number of anilines is 1. The van der Waals surface area contributed by atoms with Gasteiger partial charge in [-0.05, 0) is 18.2 Å². The van der Waals surface area contributed by atoms with Crippen molar-refractivity contribution in [2.75, 3.05) is 11.9 Å². The third-order valence-electron chi connectivity index (χ3n) is 2.46. The average molecular weight is 373 g/mol. The van der Waals surface area contributed by atoms with Gasteiger partial charge in [0.05, 0.1) is 29.0 Å². The first-order chi connectivity index (χ1) is 8.78. The maximum Gasteiger partial charge on any atom is 0.139 e. The zero-order valence-electron chi connectivity index (χ0n) is 9.49. The summed E-state index contributed by atoms with van der Waals surface area (Å²) in [4.78, 5) is 19.4. The molecule has 0 aliphatic rings. The van der Waals surface area contributed by atoms with Crippen LogP contribution in [-0.4, -0.2) is 22.8 Å². The molecule has 1 heterocycles. The van der Waals surface area contributed by atoms with Gasteiger partial charge < -0.3 is 10.1 Å². The Morgan fingerprint density at radius 3 is 2.39 bits per heavy atom. The SMILES string of the molecule is O=CCNc1ccc2nc(CBr)c(CBr)nc2c1. The van der Waals surface area contributed by atoms with Crippen molar-refractivity contribution in [1.29, 1.82) is 0 Å². The van der Waals surface area contributed by atoms with Crippen LogP contribution in [0, 0.1) is 0 Å². The number of fused-ring (bicyclic) bond motifs is 1. The van der Waals surface area contributed by atoms with Crippen LogP contribution in [0.1, 0.15) is 11.4 Å².